The lowest BCUT2D eigenvalue weighted by molar-refractivity contribution is -0.159. The predicted molar refractivity (Wildman–Crippen MR) is 65.0 cm³/mol. The number of carbonyl (C=O) groups excluding carboxylic acids is 1. The van der Waals surface area contributed by atoms with Gasteiger partial charge in [-0.1, -0.05) is 6.92 Å². The van der Waals surface area contributed by atoms with E-state index in [1.54, 1.807) is 6.92 Å². The molecular weight excluding hydrogens is 244 g/mol. The Hall–Kier alpha value is -0.620. The average Bonchev–Trinajstić information content (AvgIpc) is 2.07. The highest BCUT2D eigenvalue weighted by Gasteiger charge is 2.21. The molecule has 1 atom stereocenters. The number of ether oxygens (including phenoxy) is 1. The highest BCUT2D eigenvalue weighted by Crippen LogP contribution is 2.14. The highest BCUT2D eigenvalue weighted by molar-refractivity contribution is 7.85. The van der Waals surface area contributed by atoms with E-state index in [0.29, 0.717) is 12.8 Å². The van der Waals surface area contributed by atoms with Crippen molar-refractivity contribution in [1.82, 2.24) is 0 Å². The number of hydrogen-bond acceptors (Lipinski definition) is 5. The van der Waals surface area contributed by atoms with Crippen molar-refractivity contribution < 1.29 is 22.1 Å². The summed E-state index contributed by atoms with van der Waals surface area (Å²) in [5, 5.41) is 0. The number of rotatable bonds is 6. The molecule has 6 heteroatoms. The summed E-state index contributed by atoms with van der Waals surface area (Å²) < 4.78 is 31.1. The normalized spacial score (nSPS) is 14.4. The van der Waals surface area contributed by atoms with E-state index in [1.165, 1.54) is 0 Å². The Morgan fingerprint density at radius 1 is 1.29 bits per heavy atom. The molecule has 0 fully saturated rings. The van der Waals surface area contributed by atoms with Gasteiger partial charge in [-0.05, 0) is 33.6 Å². The molecule has 0 saturated carbocycles. The van der Waals surface area contributed by atoms with Crippen LogP contribution in [0.3, 0.4) is 0 Å². The van der Waals surface area contributed by atoms with Gasteiger partial charge in [-0.25, -0.2) is 0 Å². The van der Waals surface area contributed by atoms with Crippen molar-refractivity contribution in [2.45, 2.75) is 46.1 Å². The summed E-state index contributed by atoms with van der Waals surface area (Å²) in [6.45, 7) is 7.29. The second kappa shape index (κ2) is 6.35. The number of esters is 1. The molecule has 102 valence electrons. The molecule has 0 aromatic carbocycles. The SMILES string of the molecule is C[C@@H](CCCOS(C)(=O)=O)C(=O)OC(C)(C)C. The third-order valence-electron chi connectivity index (χ3n) is 1.89. The van der Waals surface area contributed by atoms with Gasteiger partial charge in [-0.3, -0.25) is 8.98 Å². The van der Waals surface area contributed by atoms with Gasteiger partial charge in [0, 0.05) is 0 Å². The Kier molecular flexibility index (Phi) is 6.12. The third-order valence-corrected chi connectivity index (χ3v) is 2.48. The maximum absolute atomic E-state index is 11.6. The summed E-state index contributed by atoms with van der Waals surface area (Å²) in [5.74, 6) is -0.519. The van der Waals surface area contributed by atoms with E-state index in [-0.39, 0.29) is 18.5 Å². The Morgan fingerprint density at radius 2 is 1.82 bits per heavy atom. The van der Waals surface area contributed by atoms with E-state index in [4.69, 9.17) is 4.74 Å². The van der Waals surface area contributed by atoms with E-state index in [0.717, 1.165) is 6.26 Å². The van der Waals surface area contributed by atoms with Crippen LogP contribution in [-0.4, -0.2) is 32.9 Å². The van der Waals surface area contributed by atoms with Crippen LogP contribution in [0.1, 0.15) is 40.5 Å². The van der Waals surface area contributed by atoms with Gasteiger partial charge >= 0.3 is 5.97 Å². The van der Waals surface area contributed by atoms with E-state index in [1.807, 2.05) is 20.8 Å². The molecule has 0 saturated heterocycles. The second-order valence-electron chi connectivity index (χ2n) is 5.10. The molecule has 0 aliphatic carbocycles. The van der Waals surface area contributed by atoms with Crippen LogP contribution in [0.15, 0.2) is 0 Å². The summed E-state index contributed by atoms with van der Waals surface area (Å²) in [4.78, 5) is 11.6. The third kappa shape index (κ3) is 10.3. The first-order chi connectivity index (χ1) is 7.51. The zero-order valence-electron chi connectivity index (χ0n) is 11.1. The standard InChI is InChI=1S/C11H22O5S/c1-9(10(12)16-11(2,3)4)7-6-8-15-17(5,13)14/h9H,6-8H2,1-5H3/t9-/m0/s1. The van der Waals surface area contributed by atoms with Crippen LogP contribution in [0.25, 0.3) is 0 Å². The summed E-state index contributed by atoms with van der Waals surface area (Å²) in [7, 11) is -3.39. The monoisotopic (exact) mass is 266 g/mol. The molecule has 0 rings (SSSR count). The maximum Gasteiger partial charge on any atom is 0.309 e. The topological polar surface area (TPSA) is 69.7 Å². The number of carbonyl (C=O) groups is 1. The van der Waals surface area contributed by atoms with E-state index in [9.17, 15) is 13.2 Å². The van der Waals surface area contributed by atoms with Crippen LogP contribution >= 0.6 is 0 Å². The molecule has 0 aromatic heterocycles. The van der Waals surface area contributed by atoms with Crippen molar-refractivity contribution >= 4 is 16.1 Å². The molecule has 0 spiro atoms. The minimum atomic E-state index is -3.39. The van der Waals surface area contributed by atoms with Crippen LogP contribution in [0.4, 0.5) is 0 Å². The predicted octanol–water partition coefficient (Wildman–Crippen LogP) is 1.72. The van der Waals surface area contributed by atoms with E-state index in [2.05, 4.69) is 4.18 Å². The fourth-order valence-corrected chi connectivity index (χ4v) is 1.54. The van der Waals surface area contributed by atoms with Crippen molar-refractivity contribution in [3.05, 3.63) is 0 Å². The van der Waals surface area contributed by atoms with Gasteiger partial charge in [0.25, 0.3) is 10.1 Å². The smallest absolute Gasteiger partial charge is 0.309 e. The van der Waals surface area contributed by atoms with Gasteiger partial charge in [-0.2, -0.15) is 8.42 Å². The molecule has 0 unspecified atom stereocenters. The fourth-order valence-electron chi connectivity index (χ4n) is 1.12. The molecule has 5 nitrogen and oxygen atoms in total. The van der Waals surface area contributed by atoms with Crippen LogP contribution in [0.2, 0.25) is 0 Å². The lowest BCUT2D eigenvalue weighted by atomic mass is 10.1. The first-order valence-electron chi connectivity index (χ1n) is 5.58. The Morgan fingerprint density at radius 3 is 2.24 bits per heavy atom. The van der Waals surface area contributed by atoms with Crippen LogP contribution in [-0.2, 0) is 23.8 Å². The highest BCUT2D eigenvalue weighted by atomic mass is 32.2. The molecule has 0 N–H and O–H groups in total. The molecule has 0 amide bonds. The molecule has 0 aliphatic rings. The largest absolute Gasteiger partial charge is 0.460 e. The van der Waals surface area contributed by atoms with Crippen molar-refractivity contribution in [3.63, 3.8) is 0 Å². The number of hydrogen-bond donors (Lipinski definition) is 0. The summed E-state index contributed by atoms with van der Waals surface area (Å²) in [6, 6.07) is 0. The average molecular weight is 266 g/mol. The quantitative estimate of drug-likeness (QED) is 0.416. The lowest BCUT2D eigenvalue weighted by Crippen LogP contribution is -2.27. The van der Waals surface area contributed by atoms with Gasteiger partial charge < -0.3 is 4.74 Å². The van der Waals surface area contributed by atoms with Gasteiger partial charge in [0.05, 0.1) is 18.8 Å². The first-order valence-corrected chi connectivity index (χ1v) is 7.40. The maximum atomic E-state index is 11.6. The van der Waals surface area contributed by atoms with Crippen LogP contribution < -0.4 is 0 Å². The van der Waals surface area contributed by atoms with Gasteiger partial charge in [0.15, 0.2) is 0 Å². The van der Waals surface area contributed by atoms with Crippen molar-refractivity contribution in [2.75, 3.05) is 12.9 Å². The first kappa shape index (κ1) is 16.4. The van der Waals surface area contributed by atoms with Gasteiger partial charge in [0.1, 0.15) is 5.60 Å². The molecule has 0 radical (unpaired) electrons. The minimum Gasteiger partial charge on any atom is -0.460 e. The summed E-state index contributed by atoms with van der Waals surface area (Å²) in [5.41, 5.74) is -0.491. The molecule has 0 aliphatic heterocycles. The minimum absolute atomic E-state index is 0.103. The van der Waals surface area contributed by atoms with Crippen molar-refractivity contribution in [3.8, 4) is 0 Å². The summed E-state index contributed by atoms with van der Waals surface area (Å²) >= 11 is 0. The van der Waals surface area contributed by atoms with Crippen molar-refractivity contribution in [2.24, 2.45) is 5.92 Å². The van der Waals surface area contributed by atoms with Crippen LogP contribution in [0.5, 0.6) is 0 Å². The zero-order valence-corrected chi connectivity index (χ0v) is 12.0. The van der Waals surface area contributed by atoms with Gasteiger partial charge in [-0.15, -0.1) is 0 Å². The van der Waals surface area contributed by atoms with E-state index >= 15 is 0 Å². The Bertz CT molecular complexity index is 339. The van der Waals surface area contributed by atoms with Crippen LogP contribution in [0, 0.1) is 5.92 Å². The molecular formula is C11H22O5S. The van der Waals surface area contributed by atoms with E-state index < -0.39 is 15.7 Å². The Balaban J connectivity index is 3.87. The molecule has 0 heterocycles. The fraction of sp³-hybridized carbons (Fsp3) is 0.909. The molecule has 17 heavy (non-hydrogen) atoms. The summed E-state index contributed by atoms with van der Waals surface area (Å²) in [6.07, 6.45) is 2.06. The zero-order chi connectivity index (χ0) is 13.7. The lowest BCUT2D eigenvalue weighted by Gasteiger charge is -2.22. The molecule has 0 bridgehead atoms. The molecule has 0 aromatic rings. The Labute approximate surface area is 104 Å². The van der Waals surface area contributed by atoms with Crippen molar-refractivity contribution in [1.29, 1.82) is 0 Å². The van der Waals surface area contributed by atoms with Gasteiger partial charge in [0.2, 0.25) is 0 Å². The second-order valence-corrected chi connectivity index (χ2v) is 6.75.